The minimum atomic E-state index is -0.232. The fraction of sp³-hybridized carbons (Fsp3) is 0.562. The molecule has 0 heterocycles. The van der Waals surface area contributed by atoms with Crippen LogP contribution in [-0.2, 0) is 11.2 Å². The molecule has 1 aliphatic rings. The summed E-state index contributed by atoms with van der Waals surface area (Å²) in [6, 6.07) is 6.56. The largest absolute Gasteiger partial charge is 0.356 e. The van der Waals surface area contributed by atoms with Crippen LogP contribution in [0.25, 0.3) is 0 Å². The molecular formula is C16H23FN2O. The number of nitrogens with one attached hydrogen (secondary N) is 1. The quantitative estimate of drug-likeness (QED) is 0.869. The maximum absolute atomic E-state index is 12.8. The van der Waals surface area contributed by atoms with E-state index in [1.54, 1.807) is 12.1 Å². The predicted octanol–water partition coefficient (Wildman–Crippen LogP) is 2.39. The molecule has 1 aromatic rings. The van der Waals surface area contributed by atoms with Crippen molar-refractivity contribution in [3.8, 4) is 0 Å². The van der Waals surface area contributed by atoms with Gasteiger partial charge in [0.25, 0.3) is 0 Å². The number of hydrogen-bond acceptors (Lipinski definition) is 2. The van der Waals surface area contributed by atoms with Gasteiger partial charge in [0.2, 0.25) is 5.91 Å². The Kier molecular flexibility index (Phi) is 5.53. The summed E-state index contributed by atoms with van der Waals surface area (Å²) in [7, 11) is 0. The van der Waals surface area contributed by atoms with Gasteiger partial charge in [-0.15, -0.1) is 0 Å². The number of rotatable bonds is 5. The van der Waals surface area contributed by atoms with Crippen LogP contribution >= 0.6 is 0 Å². The van der Waals surface area contributed by atoms with Gasteiger partial charge in [0.05, 0.1) is 0 Å². The lowest BCUT2D eigenvalue weighted by molar-refractivity contribution is -0.122. The Balaban J connectivity index is 1.68. The van der Waals surface area contributed by atoms with Gasteiger partial charge < -0.3 is 11.1 Å². The van der Waals surface area contributed by atoms with Crippen LogP contribution in [0.3, 0.4) is 0 Å². The lowest BCUT2D eigenvalue weighted by Gasteiger charge is -2.27. The second kappa shape index (κ2) is 7.39. The molecule has 1 saturated carbocycles. The second-order valence-corrected chi connectivity index (χ2v) is 5.64. The highest BCUT2D eigenvalue weighted by Gasteiger charge is 2.23. The monoisotopic (exact) mass is 278 g/mol. The molecule has 20 heavy (non-hydrogen) atoms. The number of amides is 1. The SMILES string of the molecule is NC1CCCCC1CC(=O)NCCc1ccc(F)cc1. The van der Waals surface area contributed by atoms with Crippen LogP contribution < -0.4 is 11.1 Å². The first-order valence-corrected chi connectivity index (χ1v) is 7.42. The molecule has 4 heteroatoms. The van der Waals surface area contributed by atoms with Gasteiger partial charge in [0.1, 0.15) is 5.82 Å². The van der Waals surface area contributed by atoms with E-state index in [1.165, 1.54) is 25.0 Å². The highest BCUT2D eigenvalue weighted by Crippen LogP contribution is 2.25. The number of halogens is 1. The molecule has 3 nitrogen and oxygen atoms in total. The van der Waals surface area contributed by atoms with Crippen molar-refractivity contribution in [2.45, 2.75) is 44.6 Å². The number of benzene rings is 1. The molecule has 0 aliphatic heterocycles. The Morgan fingerprint density at radius 3 is 2.65 bits per heavy atom. The average Bonchev–Trinajstić information content (AvgIpc) is 2.44. The van der Waals surface area contributed by atoms with Gasteiger partial charge in [-0.2, -0.15) is 0 Å². The van der Waals surface area contributed by atoms with Gasteiger partial charge in [-0.05, 0) is 42.9 Å². The molecule has 0 bridgehead atoms. The van der Waals surface area contributed by atoms with Gasteiger partial charge in [-0.3, -0.25) is 4.79 Å². The van der Waals surface area contributed by atoms with Crippen molar-refractivity contribution in [3.05, 3.63) is 35.6 Å². The van der Waals surface area contributed by atoms with Crippen LogP contribution in [0, 0.1) is 11.7 Å². The first-order chi connectivity index (χ1) is 9.65. The molecule has 3 N–H and O–H groups in total. The van der Waals surface area contributed by atoms with E-state index in [9.17, 15) is 9.18 Å². The van der Waals surface area contributed by atoms with Crippen molar-refractivity contribution in [2.75, 3.05) is 6.54 Å². The zero-order chi connectivity index (χ0) is 14.4. The van der Waals surface area contributed by atoms with Crippen LogP contribution in [-0.4, -0.2) is 18.5 Å². The topological polar surface area (TPSA) is 55.1 Å². The van der Waals surface area contributed by atoms with Gasteiger partial charge in [0.15, 0.2) is 0 Å². The summed E-state index contributed by atoms with van der Waals surface area (Å²) in [6.45, 7) is 0.590. The maximum Gasteiger partial charge on any atom is 0.220 e. The standard InChI is InChI=1S/C16H23FN2O/c17-14-7-5-12(6-8-14)9-10-19-16(20)11-13-3-1-2-4-15(13)18/h5-8,13,15H,1-4,9-11,18H2,(H,19,20). The molecule has 1 aromatic carbocycles. The third kappa shape index (κ3) is 4.60. The van der Waals surface area contributed by atoms with E-state index < -0.39 is 0 Å². The van der Waals surface area contributed by atoms with E-state index in [1.807, 2.05) is 0 Å². The van der Waals surface area contributed by atoms with E-state index in [4.69, 9.17) is 5.73 Å². The highest BCUT2D eigenvalue weighted by molar-refractivity contribution is 5.76. The Morgan fingerprint density at radius 1 is 1.25 bits per heavy atom. The van der Waals surface area contributed by atoms with E-state index >= 15 is 0 Å². The summed E-state index contributed by atoms with van der Waals surface area (Å²) in [5.74, 6) is 0.174. The molecular weight excluding hydrogens is 255 g/mol. The van der Waals surface area contributed by atoms with Crippen molar-refractivity contribution in [1.29, 1.82) is 0 Å². The zero-order valence-electron chi connectivity index (χ0n) is 11.8. The summed E-state index contributed by atoms with van der Waals surface area (Å²) < 4.78 is 12.8. The first-order valence-electron chi connectivity index (χ1n) is 7.42. The average molecular weight is 278 g/mol. The molecule has 110 valence electrons. The smallest absolute Gasteiger partial charge is 0.220 e. The lowest BCUT2D eigenvalue weighted by Crippen LogP contribution is -2.37. The van der Waals surface area contributed by atoms with E-state index in [-0.39, 0.29) is 17.8 Å². The van der Waals surface area contributed by atoms with Crippen molar-refractivity contribution >= 4 is 5.91 Å². The molecule has 0 spiro atoms. The van der Waals surface area contributed by atoms with E-state index in [0.717, 1.165) is 24.8 Å². The highest BCUT2D eigenvalue weighted by atomic mass is 19.1. The Morgan fingerprint density at radius 2 is 1.95 bits per heavy atom. The molecule has 2 rings (SSSR count). The summed E-state index contributed by atoms with van der Waals surface area (Å²) in [6.07, 6.45) is 5.72. The number of hydrogen-bond donors (Lipinski definition) is 2. The lowest BCUT2D eigenvalue weighted by atomic mass is 9.83. The molecule has 2 unspecified atom stereocenters. The third-order valence-electron chi connectivity index (χ3n) is 4.06. The first kappa shape index (κ1) is 15.0. The van der Waals surface area contributed by atoms with E-state index in [0.29, 0.717) is 18.9 Å². The van der Waals surface area contributed by atoms with Crippen LogP contribution in [0.4, 0.5) is 4.39 Å². The predicted molar refractivity (Wildman–Crippen MR) is 77.7 cm³/mol. The molecule has 1 aliphatic carbocycles. The fourth-order valence-corrected chi connectivity index (χ4v) is 2.80. The molecule has 2 atom stereocenters. The zero-order valence-corrected chi connectivity index (χ0v) is 11.8. The van der Waals surface area contributed by atoms with Crippen LogP contribution in [0.2, 0.25) is 0 Å². The summed E-state index contributed by atoms with van der Waals surface area (Å²) in [5.41, 5.74) is 7.07. The summed E-state index contributed by atoms with van der Waals surface area (Å²) in [4.78, 5) is 11.9. The van der Waals surface area contributed by atoms with Crippen molar-refractivity contribution in [3.63, 3.8) is 0 Å². The normalized spacial score (nSPS) is 22.5. The molecule has 1 fully saturated rings. The Hall–Kier alpha value is -1.42. The fourth-order valence-electron chi connectivity index (χ4n) is 2.80. The minimum absolute atomic E-state index is 0.0782. The molecule has 0 radical (unpaired) electrons. The van der Waals surface area contributed by atoms with Gasteiger partial charge in [-0.25, -0.2) is 4.39 Å². The number of carbonyl (C=O) groups excluding carboxylic acids is 1. The van der Waals surface area contributed by atoms with Gasteiger partial charge in [-0.1, -0.05) is 25.0 Å². The number of nitrogens with two attached hydrogens (primary N) is 1. The minimum Gasteiger partial charge on any atom is -0.356 e. The Labute approximate surface area is 119 Å². The summed E-state index contributed by atoms with van der Waals surface area (Å²) in [5, 5.41) is 2.93. The van der Waals surface area contributed by atoms with Crippen molar-refractivity contribution in [1.82, 2.24) is 5.32 Å². The third-order valence-corrected chi connectivity index (χ3v) is 4.06. The van der Waals surface area contributed by atoms with Gasteiger partial charge in [0, 0.05) is 19.0 Å². The summed E-state index contributed by atoms with van der Waals surface area (Å²) >= 11 is 0. The number of carbonyl (C=O) groups is 1. The molecule has 1 amide bonds. The second-order valence-electron chi connectivity index (χ2n) is 5.64. The van der Waals surface area contributed by atoms with Crippen molar-refractivity contribution < 1.29 is 9.18 Å². The Bertz CT molecular complexity index is 433. The van der Waals surface area contributed by atoms with Gasteiger partial charge >= 0.3 is 0 Å². The van der Waals surface area contributed by atoms with Crippen LogP contribution in [0.5, 0.6) is 0 Å². The maximum atomic E-state index is 12.8. The molecule has 0 aromatic heterocycles. The molecule has 0 saturated heterocycles. The van der Waals surface area contributed by atoms with Crippen molar-refractivity contribution in [2.24, 2.45) is 11.7 Å². The van der Waals surface area contributed by atoms with Crippen LogP contribution in [0.1, 0.15) is 37.7 Å². The van der Waals surface area contributed by atoms with Crippen LogP contribution in [0.15, 0.2) is 24.3 Å². The van der Waals surface area contributed by atoms with E-state index in [2.05, 4.69) is 5.32 Å².